The predicted molar refractivity (Wildman–Crippen MR) is 79.4 cm³/mol. The summed E-state index contributed by atoms with van der Waals surface area (Å²) in [6, 6.07) is 3.86. The van der Waals surface area contributed by atoms with Gasteiger partial charge in [0, 0.05) is 11.0 Å². The van der Waals surface area contributed by atoms with Gasteiger partial charge in [-0.05, 0) is 49.4 Å². The first kappa shape index (κ1) is 13.4. The molecule has 0 fully saturated rings. The van der Waals surface area contributed by atoms with E-state index in [1.165, 1.54) is 12.3 Å². The Hall–Kier alpha value is -1.05. The van der Waals surface area contributed by atoms with Crippen molar-refractivity contribution in [1.82, 2.24) is 9.97 Å². The number of aromatic nitrogens is 2. The van der Waals surface area contributed by atoms with E-state index in [-0.39, 0.29) is 5.91 Å². The molecule has 0 saturated heterocycles. The van der Waals surface area contributed by atoms with Crippen molar-refractivity contribution < 1.29 is 4.79 Å². The van der Waals surface area contributed by atoms with E-state index in [4.69, 9.17) is 0 Å². The number of halogens is 2. The first-order chi connectivity index (χ1) is 8.65. The molecule has 1 amide bonds. The first-order valence-corrected chi connectivity index (χ1v) is 7.32. The standard InChI is InChI=1S/C11H7Br2N3OS/c12-8-6-14-11(10(13)15-8)16-9(17)4-3-7-2-1-5-18-7/h1-6H,(H,14,16,17)/b4-3+. The molecule has 0 spiro atoms. The molecule has 0 saturated carbocycles. The molecule has 1 N–H and O–H groups in total. The average molecular weight is 389 g/mol. The Kier molecular flexibility index (Phi) is 4.62. The van der Waals surface area contributed by atoms with Gasteiger partial charge < -0.3 is 5.32 Å². The Morgan fingerprint density at radius 2 is 2.28 bits per heavy atom. The van der Waals surface area contributed by atoms with E-state index in [1.807, 2.05) is 17.5 Å². The van der Waals surface area contributed by atoms with Crippen LogP contribution in [0.25, 0.3) is 6.08 Å². The van der Waals surface area contributed by atoms with Gasteiger partial charge >= 0.3 is 0 Å². The summed E-state index contributed by atoms with van der Waals surface area (Å²) in [5, 5.41) is 4.59. The lowest BCUT2D eigenvalue weighted by atomic mass is 10.4. The van der Waals surface area contributed by atoms with Crippen LogP contribution in [0.1, 0.15) is 4.88 Å². The van der Waals surface area contributed by atoms with Gasteiger partial charge in [0.1, 0.15) is 9.21 Å². The third-order valence-corrected chi connectivity index (χ3v) is 3.66. The lowest BCUT2D eigenvalue weighted by Crippen LogP contribution is -2.10. The second-order valence-electron chi connectivity index (χ2n) is 3.17. The van der Waals surface area contributed by atoms with Crippen molar-refractivity contribution in [1.29, 1.82) is 0 Å². The second kappa shape index (κ2) is 6.21. The number of thiophene rings is 1. The molecule has 2 heterocycles. The van der Waals surface area contributed by atoms with Crippen LogP contribution in [0.4, 0.5) is 5.82 Å². The summed E-state index contributed by atoms with van der Waals surface area (Å²) in [6.07, 6.45) is 4.73. The highest BCUT2D eigenvalue weighted by molar-refractivity contribution is 9.11. The molecule has 0 bridgehead atoms. The molecular formula is C11H7Br2N3OS. The zero-order chi connectivity index (χ0) is 13.0. The minimum absolute atomic E-state index is 0.249. The number of nitrogens with zero attached hydrogens (tertiary/aromatic N) is 2. The van der Waals surface area contributed by atoms with Crippen LogP contribution >= 0.6 is 43.2 Å². The number of anilines is 1. The van der Waals surface area contributed by atoms with Crippen molar-refractivity contribution in [2.24, 2.45) is 0 Å². The zero-order valence-corrected chi connectivity index (χ0v) is 12.9. The number of nitrogens with one attached hydrogen (secondary N) is 1. The van der Waals surface area contributed by atoms with E-state index < -0.39 is 0 Å². The largest absolute Gasteiger partial charge is 0.305 e. The molecular weight excluding hydrogens is 382 g/mol. The van der Waals surface area contributed by atoms with Gasteiger partial charge in [-0.1, -0.05) is 6.07 Å². The molecule has 2 aromatic rings. The quantitative estimate of drug-likeness (QED) is 0.815. The maximum Gasteiger partial charge on any atom is 0.249 e. The molecule has 92 valence electrons. The highest BCUT2D eigenvalue weighted by Crippen LogP contribution is 2.19. The average Bonchev–Trinajstić information content (AvgIpc) is 2.83. The minimum Gasteiger partial charge on any atom is -0.305 e. The van der Waals surface area contributed by atoms with E-state index in [0.717, 1.165) is 4.88 Å². The summed E-state index contributed by atoms with van der Waals surface area (Å²) < 4.78 is 1.08. The van der Waals surface area contributed by atoms with Crippen molar-refractivity contribution in [3.63, 3.8) is 0 Å². The van der Waals surface area contributed by atoms with Crippen molar-refractivity contribution in [2.45, 2.75) is 0 Å². The number of carbonyl (C=O) groups excluding carboxylic acids is 1. The highest BCUT2D eigenvalue weighted by Gasteiger charge is 2.06. The van der Waals surface area contributed by atoms with Gasteiger partial charge in [0.25, 0.3) is 0 Å². The normalized spacial score (nSPS) is 10.8. The third-order valence-electron chi connectivity index (χ3n) is 1.88. The van der Waals surface area contributed by atoms with Gasteiger partial charge in [-0.15, -0.1) is 11.3 Å². The summed E-state index contributed by atoms with van der Waals surface area (Å²) >= 11 is 7.98. The summed E-state index contributed by atoms with van der Waals surface area (Å²) in [4.78, 5) is 20.8. The van der Waals surface area contributed by atoms with Crippen molar-refractivity contribution in [2.75, 3.05) is 5.32 Å². The van der Waals surface area contributed by atoms with E-state index in [1.54, 1.807) is 17.4 Å². The van der Waals surface area contributed by atoms with Crippen LogP contribution in [-0.2, 0) is 4.79 Å². The molecule has 7 heteroatoms. The smallest absolute Gasteiger partial charge is 0.249 e. The number of rotatable bonds is 3. The predicted octanol–water partition coefficient (Wildman–Crippen LogP) is 3.72. The second-order valence-corrected chi connectivity index (χ2v) is 5.71. The Morgan fingerprint density at radius 3 is 2.94 bits per heavy atom. The van der Waals surface area contributed by atoms with Crippen LogP contribution in [0.3, 0.4) is 0 Å². The fourth-order valence-electron chi connectivity index (χ4n) is 1.13. The Balaban J connectivity index is 2.03. The van der Waals surface area contributed by atoms with E-state index in [9.17, 15) is 4.79 Å². The number of amides is 1. The highest BCUT2D eigenvalue weighted by atomic mass is 79.9. The van der Waals surface area contributed by atoms with E-state index >= 15 is 0 Å². The van der Waals surface area contributed by atoms with Crippen LogP contribution in [0.15, 0.2) is 39.0 Å². The van der Waals surface area contributed by atoms with Gasteiger partial charge in [0.2, 0.25) is 5.91 Å². The molecule has 0 aliphatic heterocycles. The zero-order valence-electron chi connectivity index (χ0n) is 8.93. The molecule has 0 aromatic carbocycles. The van der Waals surface area contributed by atoms with Gasteiger partial charge in [-0.3, -0.25) is 4.79 Å². The SMILES string of the molecule is O=C(/C=C/c1cccs1)Nc1ncc(Br)nc1Br. The van der Waals surface area contributed by atoms with Crippen LogP contribution in [-0.4, -0.2) is 15.9 Å². The molecule has 0 aliphatic carbocycles. The molecule has 2 aromatic heterocycles. The lowest BCUT2D eigenvalue weighted by molar-refractivity contribution is -0.111. The maximum absolute atomic E-state index is 11.7. The molecule has 4 nitrogen and oxygen atoms in total. The number of hydrogen-bond acceptors (Lipinski definition) is 4. The Morgan fingerprint density at radius 1 is 1.44 bits per heavy atom. The Labute approximate surface area is 124 Å². The Bertz CT molecular complexity index is 584. The maximum atomic E-state index is 11.7. The molecule has 0 unspecified atom stereocenters. The summed E-state index contributed by atoms with van der Waals surface area (Å²) in [5.74, 6) is 0.139. The van der Waals surface area contributed by atoms with Gasteiger partial charge in [-0.2, -0.15) is 0 Å². The van der Waals surface area contributed by atoms with Crippen LogP contribution in [0, 0.1) is 0 Å². The molecule has 18 heavy (non-hydrogen) atoms. The van der Waals surface area contributed by atoms with Gasteiger partial charge in [0.05, 0.1) is 6.20 Å². The minimum atomic E-state index is -0.249. The van der Waals surface area contributed by atoms with Gasteiger partial charge in [0.15, 0.2) is 5.82 Å². The van der Waals surface area contributed by atoms with Crippen LogP contribution < -0.4 is 5.32 Å². The van der Waals surface area contributed by atoms with Gasteiger partial charge in [-0.25, -0.2) is 9.97 Å². The van der Waals surface area contributed by atoms with E-state index in [0.29, 0.717) is 15.0 Å². The summed E-state index contributed by atoms with van der Waals surface area (Å²) in [5.41, 5.74) is 0. The van der Waals surface area contributed by atoms with Crippen molar-refractivity contribution >= 4 is 61.0 Å². The monoisotopic (exact) mass is 387 g/mol. The lowest BCUT2D eigenvalue weighted by Gasteiger charge is -2.02. The van der Waals surface area contributed by atoms with Crippen LogP contribution in [0.5, 0.6) is 0 Å². The van der Waals surface area contributed by atoms with Crippen molar-refractivity contribution in [3.05, 3.63) is 43.9 Å². The van der Waals surface area contributed by atoms with Crippen molar-refractivity contribution in [3.8, 4) is 0 Å². The topological polar surface area (TPSA) is 54.9 Å². The molecule has 2 rings (SSSR count). The summed E-state index contributed by atoms with van der Waals surface area (Å²) in [7, 11) is 0. The number of hydrogen-bond donors (Lipinski definition) is 1. The van der Waals surface area contributed by atoms with Crippen LogP contribution in [0.2, 0.25) is 0 Å². The molecule has 0 atom stereocenters. The molecule has 0 aliphatic rings. The first-order valence-electron chi connectivity index (χ1n) is 4.86. The third kappa shape index (κ3) is 3.72. The fraction of sp³-hybridized carbons (Fsp3) is 0. The molecule has 0 radical (unpaired) electrons. The van der Waals surface area contributed by atoms with E-state index in [2.05, 4.69) is 47.1 Å². The fourth-order valence-corrected chi connectivity index (χ4v) is 2.66. The number of carbonyl (C=O) groups is 1. The summed E-state index contributed by atoms with van der Waals surface area (Å²) in [6.45, 7) is 0.